The third kappa shape index (κ3) is 2.42. The molecular formula is C13H18N8. The Morgan fingerprint density at radius 3 is 2.71 bits per heavy atom. The summed E-state index contributed by atoms with van der Waals surface area (Å²) < 4.78 is 1.58. The molecule has 3 fully saturated rings. The van der Waals surface area contributed by atoms with Gasteiger partial charge in [0.1, 0.15) is 0 Å². The molecule has 2 aromatic rings. The van der Waals surface area contributed by atoms with Crippen molar-refractivity contribution in [3.05, 3.63) is 18.5 Å². The molecule has 3 saturated heterocycles. The van der Waals surface area contributed by atoms with Gasteiger partial charge in [0, 0.05) is 25.0 Å². The molecule has 110 valence electrons. The van der Waals surface area contributed by atoms with E-state index in [9.17, 15) is 0 Å². The first kappa shape index (κ1) is 12.5. The summed E-state index contributed by atoms with van der Waals surface area (Å²) in [4.78, 5) is 15.2. The van der Waals surface area contributed by atoms with Gasteiger partial charge >= 0.3 is 0 Å². The smallest absolute Gasteiger partial charge is 0.257 e. The molecule has 3 aliphatic rings. The van der Waals surface area contributed by atoms with Gasteiger partial charge in [-0.15, -0.1) is 0 Å². The van der Waals surface area contributed by atoms with E-state index in [1.165, 1.54) is 25.9 Å². The fourth-order valence-corrected chi connectivity index (χ4v) is 3.23. The second-order valence-electron chi connectivity index (χ2n) is 5.66. The topological polar surface area (TPSA) is 97.8 Å². The summed E-state index contributed by atoms with van der Waals surface area (Å²) >= 11 is 0. The van der Waals surface area contributed by atoms with Crippen LogP contribution in [0.4, 0.5) is 11.9 Å². The Kier molecular flexibility index (Phi) is 2.95. The van der Waals surface area contributed by atoms with E-state index in [0.717, 1.165) is 6.54 Å². The van der Waals surface area contributed by atoms with Gasteiger partial charge in [-0.05, 0) is 37.9 Å². The number of piperidine rings is 3. The van der Waals surface area contributed by atoms with Crippen LogP contribution in [-0.4, -0.2) is 55.3 Å². The Bertz CT molecular complexity index is 617. The Balaban J connectivity index is 1.58. The average Bonchev–Trinajstić information content (AvgIpc) is 3.02. The number of nitrogens with one attached hydrogen (secondary N) is 1. The Morgan fingerprint density at radius 1 is 1.19 bits per heavy atom. The molecule has 0 amide bonds. The SMILES string of the molecule is Nc1nc(NC2CN3CCC2CC3)nc(-n2cccn2)n1. The average molecular weight is 286 g/mol. The number of rotatable bonds is 3. The van der Waals surface area contributed by atoms with E-state index in [4.69, 9.17) is 5.73 Å². The van der Waals surface area contributed by atoms with Crippen molar-refractivity contribution in [2.24, 2.45) is 5.92 Å². The fraction of sp³-hybridized carbons (Fsp3) is 0.538. The number of anilines is 2. The van der Waals surface area contributed by atoms with Crippen LogP contribution in [0, 0.1) is 5.92 Å². The molecule has 0 aliphatic carbocycles. The van der Waals surface area contributed by atoms with Crippen LogP contribution in [-0.2, 0) is 0 Å². The number of hydrogen-bond donors (Lipinski definition) is 2. The molecule has 5 heterocycles. The van der Waals surface area contributed by atoms with Crippen LogP contribution in [0.5, 0.6) is 0 Å². The maximum Gasteiger partial charge on any atom is 0.257 e. The van der Waals surface area contributed by atoms with Crippen LogP contribution < -0.4 is 11.1 Å². The zero-order valence-corrected chi connectivity index (χ0v) is 11.7. The molecule has 3 aliphatic heterocycles. The molecule has 0 spiro atoms. The lowest BCUT2D eigenvalue weighted by Crippen LogP contribution is -2.53. The standard InChI is InChI=1S/C13H18N8/c14-11-17-12(19-13(18-11)21-5-1-4-15-21)16-10-8-20-6-2-9(10)3-7-20/h1,4-5,9-10H,2-3,6-8H2,(H3,14,16,17,18,19). The Hall–Kier alpha value is -2.22. The third-order valence-corrected chi connectivity index (χ3v) is 4.32. The van der Waals surface area contributed by atoms with Crippen molar-refractivity contribution >= 4 is 11.9 Å². The highest BCUT2D eigenvalue weighted by molar-refractivity contribution is 5.36. The highest BCUT2D eigenvalue weighted by atomic mass is 15.4. The van der Waals surface area contributed by atoms with Crippen molar-refractivity contribution in [2.75, 3.05) is 30.7 Å². The number of nitrogen functional groups attached to an aromatic ring is 1. The highest BCUT2D eigenvalue weighted by Gasteiger charge is 2.34. The van der Waals surface area contributed by atoms with Crippen molar-refractivity contribution in [2.45, 2.75) is 18.9 Å². The molecule has 8 heteroatoms. The van der Waals surface area contributed by atoms with Gasteiger partial charge in [0.15, 0.2) is 0 Å². The lowest BCUT2D eigenvalue weighted by molar-refractivity contribution is 0.0972. The predicted octanol–water partition coefficient (Wildman–Crippen LogP) is 0.146. The number of nitrogens with two attached hydrogens (primary N) is 1. The molecule has 21 heavy (non-hydrogen) atoms. The largest absolute Gasteiger partial charge is 0.368 e. The zero-order chi connectivity index (χ0) is 14.2. The lowest BCUT2D eigenvalue weighted by atomic mass is 9.84. The summed E-state index contributed by atoms with van der Waals surface area (Å²) in [6.07, 6.45) is 5.95. The van der Waals surface area contributed by atoms with E-state index < -0.39 is 0 Å². The Labute approximate surface area is 122 Å². The van der Waals surface area contributed by atoms with Gasteiger partial charge in [-0.2, -0.15) is 20.1 Å². The summed E-state index contributed by atoms with van der Waals surface area (Å²) in [6, 6.07) is 2.21. The van der Waals surface area contributed by atoms with Crippen LogP contribution in [0.1, 0.15) is 12.8 Å². The zero-order valence-electron chi connectivity index (χ0n) is 11.7. The summed E-state index contributed by atoms with van der Waals surface area (Å²) in [7, 11) is 0. The second kappa shape index (κ2) is 4.96. The number of hydrogen-bond acceptors (Lipinski definition) is 7. The molecule has 0 saturated carbocycles. The maximum atomic E-state index is 5.79. The van der Waals surface area contributed by atoms with Crippen molar-refractivity contribution in [3.8, 4) is 5.95 Å². The maximum absolute atomic E-state index is 5.79. The monoisotopic (exact) mass is 286 g/mol. The van der Waals surface area contributed by atoms with E-state index in [1.807, 2.05) is 6.07 Å². The number of fused-ring (bicyclic) bond motifs is 3. The molecule has 2 bridgehead atoms. The van der Waals surface area contributed by atoms with E-state index >= 15 is 0 Å². The Morgan fingerprint density at radius 2 is 2.05 bits per heavy atom. The molecule has 1 unspecified atom stereocenters. The van der Waals surface area contributed by atoms with Crippen LogP contribution >= 0.6 is 0 Å². The van der Waals surface area contributed by atoms with Gasteiger partial charge < -0.3 is 16.0 Å². The first-order valence-electron chi connectivity index (χ1n) is 7.28. The molecule has 2 aromatic heterocycles. The summed E-state index contributed by atoms with van der Waals surface area (Å²) in [5.74, 6) is 1.88. The minimum Gasteiger partial charge on any atom is -0.368 e. The summed E-state index contributed by atoms with van der Waals surface area (Å²) in [6.45, 7) is 3.47. The third-order valence-electron chi connectivity index (χ3n) is 4.32. The van der Waals surface area contributed by atoms with Crippen LogP contribution in [0.25, 0.3) is 5.95 Å². The van der Waals surface area contributed by atoms with E-state index in [-0.39, 0.29) is 5.95 Å². The number of nitrogens with zero attached hydrogens (tertiary/aromatic N) is 6. The molecule has 8 nitrogen and oxygen atoms in total. The minimum atomic E-state index is 0.208. The van der Waals surface area contributed by atoms with E-state index in [1.54, 1.807) is 17.1 Å². The van der Waals surface area contributed by atoms with Crippen molar-refractivity contribution < 1.29 is 0 Å². The molecule has 5 rings (SSSR count). The second-order valence-corrected chi connectivity index (χ2v) is 5.66. The van der Waals surface area contributed by atoms with E-state index in [0.29, 0.717) is 23.9 Å². The quantitative estimate of drug-likeness (QED) is 0.828. The van der Waals surface area contributed by atoms with Gasteiger partial charge in [0.05, 0.1) is 0 Å². The first-order chi connectivity index (χ1) is 10.3. The van der Waals surface area contributed by atoms with E-state index in [2.05, 4.69) is 30.3 Å². The molecule has 0 aromatic carbocycles. The number of aromatic nitrogens is 5. The van der Waals surface area contributed by atoms with Crippen LogP contribution in [0.2, 0.25) is 0 Å². The summed E-state index contributed by atoms with van der Waals surface area (Å²) in [5, 5.41) is 7.56. The van der Waals surface area contributed by atoms with Gasteiger partial charge in [-0.25, -0.2) is 4.68 Å². The van der Waals surface area contributed by atoms with Crippen LogP contribution in [0.3, 0.4) is 0 Å². The summed E-state index contributed by atoms with van der Waals surface area (Å²) in [5.41, 5.74) is 5.79. The van der Waals surface area contributed by atoms with Gasteiger partial charge in [-0.1, -0.05) is 0 Å². The molecule has 3 N–H and O–H groups in total. The molecular weight excluding hydrogens is 268 g/mol. The van der Waals surface area contributed by atoms with Gasteiger partial charge in [0.2, 0.25) is 11.9 Å². The van der Waals surface area contributed by atoms with Crippen molar-refractivity contribution in [1.29, 1.82) is 0 Å². The van der Waals surface area contributed by atoms with Crippen LogP contribution in [0.15, 0.2) is 18.5 Å². The van der Waals surface area contributed by atoms with Crippen molar-refractivity contribution in [3.63, 3.8) is 0 Å². The first-order valence-corrected chi connectivity index (χ1v) is 7.28. The lowest BCUT2D eigenvalue weighted by Gasteiger charge is -2.44. The van der Waals surface area contributed by atoms with Gasteiger partial charge in [-0.3, -0.25) is 0 Å². The van der Waals surface area contributed by atoms with Gasteiger partial charge in [0.25, 0.3) is 5.95 Å². The van der Waals surface area contributed by atoms with Crippen molar-refractivity contribution in [1.82, 2.24) is 29.6 Å². The normalized spacial score (nSPS) is 27.7. The fourth-order valence-electron chi connectivity index (χ4n) is 3.23. The molecule has 0 radical (unpaired) electrons. The molecule has 1 atom stereocenters. The minimum absolute atomic E-state index is 0.208. The highest BCUT2D eigenvalue weighted by Crippen LogP contribution is 2.29. The predicted molar refractivity (Wildman–Crippen MR) is 77.9 cm³/mol.